The van der Waals surface area contributed by atoms with Crippen LogP contribution in [0.3, 0.4) is 0 Å². The van der Waals surface area contributed by atoms with Gasteiger partial charge in [0, 0.05) is 43.3 Å². The van der Waals surface area contributed by atoms with Gasteiger partial charge >= 0.3 is 6.09 Å². The Morgan fingerprint density at radius 3 is 2.67 bits per heavy atom. The number of nitrogens with one attached hydrogen (secondary N) is 2. The van der Waals surface area contributed by atoms with Crippen molar-refractivity contribution in [2.75, 3.05) is 23.7 Å². The van der Waals surface area contributed by atoms with E-state index in [9.17, 15) is 9.59 Å². The van der Waals surface area contributed by atoms with Crippen molar-refractivity contribution in [1.82, 2.24) is 9.88 Å². The average molecular weight is 370 g/mol. The van der Waals surface area contributed by atoms with Gasteiger partial charge in [0.05, 0.1) is 11.2 Å². The highest BCUT2D eigenvalue weighted by Crippen LogP contribution is 2.30. The molecule has 3 rings (SSSR count). The Bertz CT molecular complexity index is 860. The van der Waals surface area contributed by atoms with Crippen LogP contribution in [-0.2, 0) is 9.53 Å². The first-order chi connectivity index (χ1) is 12.7. The van der Waals surface area contributed by atoms with Crippen molar-refractivity contribution in [2.45, 2.75) is 45.8 Å². The summed E-state index contributed by atoms with van der Waals surface area (Å²) >= 11 is 0. The Morgan fingerprint density at radius 1 is 1.22 bits per heavy atom. The zero-order valence-electron chi connectivity index (χ0n) is 16.2. The molecule has 0 aliphatic carbocycles. The Hall–Kier alpha value is -2.83. The fraction of sp³-hybridized carbons (Fsp3) is 0.450. The first kappa shape index (κ1) is 18.9. The van der Waals surface area contributed by atoms with Gasteiger partial charge in [0.15, 0.2) is 0 Å². The third-order valence-electron chi connectivity index (χ3n) is 4.28. The molecule has 2 N–H and O–H groups in total. The molecule has 1 fully saturated rings. The molecule has 2 amide bonds. The van der Waals surface area contributed by atoms with Crippen molar-refractivity contribution < 1.29 is 14.3 Å². The minimum absolute atomic E-state index is 0.132. The molecule has 0 unspecified atom stereocenters. The molecule has 1 aromatic carbocycles. The summed E-state index contributed by atoms with van der Waals surface area (Å²) in [5.41, 5.74) is 1.86. The summed E-state index contributed by atoms with van der Waals surface area (Å²) in [6.45, 7) is 8.33. The number of carbonyl (C=O) groups is 2. The topological polar surface area (TPSA) is 83.6 Å². The van der Waals surface area contributed by atoms with Crippen LogP contribution in [0.1, 0.15) is 34.1 Å². The third-order valence-corrected chi connectivity index (χ3v) is 4.28. The predicted octanol–water partition coefficient (Wildman–Crippen LogP) is 3.61. The van der Waals surface area contributed by atoms with Crippen LogP contribution in [-0.4, -0.2) is 46.6 Å². The standard InChI is InChI=1S/C20H26N4O3/c1-13(25)22-17-8-7-16(15-6-5-10-21-18(15)17)23-14-9-11-24(12-14)19(26)27-20(2,3)4/h5-8,10,14,23H,9,11-12H2,1-4H3,(H,22,25)/t14-/m0/s1. The smallest absolute Gasteiger partial charge is 0.410 e. The highest BCUT2D eigenvalue weighted by Gasteiger charge is 2.30. The molecule has 27 heavy (non-hydrogen) atoms. The number of hydrogen-bond donors (Lipinski definition) is 2. The van der Waals surface area contributed by atoms with Gasteiger partial charge in [0.25, 0.3) is 0 Å². The molecular formula is C20H26N4O3. The molecule has 1 aliphatic rings. The molecule has 7 nitrogen and oxygen atoms in total. The zero-order valence-corrected chi connectivity index (χ0v) is 16.2. The molecular weight excluding hydrogens is 344 g/mol. The lowest BCUT2D eigenvalue weighted by Gasteiger charge is -2.24. The monoisotopic (exact) mass is 370 g/mol. The van der Waals surface area contributed by atoms with Crippen molar-refractivity contribution in [3.63, 3.8) is 0 Å². The Morgan fingerprint density at radius 2 is 1.96 bits per heavy atom. The second-order valence-corrected chi connectivity index (χ2v) is 7.80. The van der Waals surface area contributed by atoms with Crippen LogP contribution in [0.4, 0.5) is 16.2 Å². The van der Waals surface area contributed by atoms with E-state index in [0.717, 1.165) is 23.0 Å². The second-order valence-electron chi connectivity index (χ2n) is 7.80. The number of fused-ring (bicyclic) bond motifs is 1. The van der Waals surface area contributed by atoms with Gasteiger partial charge in [0.1, 0.15) is 5.60 Å². The highest BCUT2D eigenvalue weighted by atomic mass is 16.6. The number of benzene rings is 1. The minimum Gasteiger partial charge on any atom is -0.444 e. The average Bonchev–Trinajstić information content (AvgIpc) is 3.04. The maximum Gasteiger partial charge on any atom is 0.410 e. The number of hydrogen-bond acceptors (Lipinski definition) is 5. The maximum absolute atomic E-state index is 12.2. The quantitative estimate of drug-likeness (QED) is 0.862. The van der Waals surface area contributed by atoms with E-state index >= 15 is 0 Å². The fourth-order valence-corrected chi connectivity index (χ4v) is 3.18. The highest BCUT2D eigenvalue weighted by molar-refractivity contribution is 6.04. The van der Waals surface area contributed by atoms with Gasteiger partial charge in [-0.2, -0.15) is 0 Å². The molecule has 144 valence electrons. The number of aromatic nitrogens is 1. The molecule has 1 aliphatic heterocycles. The van der Waals surface area contributed by atoms with Crippen molar-refractivity contribution in [3.05, 3.63) is 30.5 Å². The Balaban J connectivity index is 1.74. The largest absolute Gasteiger partial charge is 0.444 e. The number of ether oxygens (including phenoxy) is 1. The summed E-state index contributed by atoms with van der Waals surface area (Å²) in [4.78, 5) is 29.8. The number of carbonyl (C=O) groups excluding carboxylic acids is 2. The van der Waals surface area contributed by atoms with E-state index in [0.29, 0.717) is 18.8 Å². The van der Waals surface area contributed by atoms with Crippen LogP contribution in [0.2, 0.25) is 0 Å². The van der Waals surface area contributed by atoms with Crippen LogP contribution in [0.25, 0.3) is 10.9 Å². The van der Waals surface area contributed by atoms with Gasteiger partial charge in [-0.1, -0.05) is 0 Å². The zero-order chi connectivity index (χ0) is 19.6. The molecule has 7 heteroatoms. The van der Waals surface area contributed by atoms with Gasteiger partial charge in [-0.25, -0.2) is 4.79 Å². The van der Waals surface area contributed by atoms with E-state index in [-0.39, 0.29) is 18.0 Å². The van der Waals surface area contributed by atoms with Crippen molar-refractivity contribution in [1.29, 1.82) is 0 Å². The third kappa shape index (κ3) is 4.67. The van der Waals surface area contributed by atoms with Gasteiger partial charge in [-0.15, -0.1) is 0 Å². The Labute approximate surface area is 159 Å². The fourth-order valence-electron chi connectivity index (χ4n) is 3.18. The second kappa shape index (κ2) is 7.42. The van der Waals surface area contributed by atoms with Gasteiger partial charge in [-0.05, 0) is 51.5 Å². The van der Waals surface area contributed by atoms with E-state index < -0.39 is 5.60 Å². The lowest BCUT2D eigenvalue weighted by molar-refractivity contribution is -0.114. The van der Waals surface area contributed by atoms with E-state index in [2.05, 4.69) is 15.6 Å². The molecule has 0 radical (unpaired) electrons. The van der Waals surface area contributed by atoms with Crippen LogP contribution in [0.5, 0.6) is 0 Å². The molecule has 2 aromatic rings. The lowest BCUT2D eigenvalue weighted by Crippen LogP contribution is -2.36. The molecule has 1 aromatic heterocycles. The predicted molar refractivity (Wildman–Crippen MR) is 106 cm³/mol. The minimum atomic E-state index is -0.496. The molecule has 2 heterocycles. The van der Waals surface area contributed by atoms with Crippen molar-refractivity contribution in [3.8, 4) is 0 Å². The lowest BCUT2D eigenvalue weighted by atomic mass is 10.1. The number of amides is 2. The first-order valence-electron chi connectivity index (χ1n) is 9.13. The summed E-state index contributed by atoms with van der Waals surface area (Å²) in [6, 6.07) is 7.75. The SMILES string of the molecule is CC(=O)Nc1ccc(N[C@H]2CCN(C(=O)OC(C)(C)C)C2)c2cccnc12. The number of rotatable bonds is 3. The van der Waals surface area contributed by atoms with E-state index in [1.54, 1.807) is 11.1 Å². The first-order valence-corrected chi connectivity index (χ1v) is 9.13. The summed E-state index contributed by atoms with van der Waals surface area (Å²) in [7, 11) is 0. The summed E-state index contributed by atoms with van der Waals surface area (Å²) in [5, 5.41) is 7.25. The normalized spacial score (nSPS) is 17.0. The van der Waals surface area contributed by atoms with Crippen LogP contribution in [0.15, 0.2) is 30.5 Å². The molecule has 1 atom stereocenters. The number of nitrogens with zero attached hydrogens (tertiary/aromatic N) is 2. The molecule has 0 saturated carbocycles. The number of anilines is 2. The summed E-state index contributed by atoms with van der Waals surface area (Å²) in [6.07, 6.45) is 2.27. The van der Waals surface area contributed by atoms with Crippen LogP contribution >= 0.6 is 0 Å². The molecule has 1 saturated heterocycles. The Kier molecular flexibility index (Phi) is 5.21. The van der Waals surface area contributed by atoms with Crippen molar-refractivity contribution >= 4 is 34.3 Å². The molecule has 0 bridgehead atoms. The van der Waals surface area contributed by atoms with Gasteiger partial charge in [0.2, 0.25) is 5.91 Å². The van der Waals surface area contributed by atoms with Gasteiger partial charge in [-0.3, -0.25) is 9.78 Å². The van der Waals surface area contributed by atoms with E-state index in [1.807, 2.05) is 45.0 Å². The number of pyridine rings is 1. The summed E-state index contributed by atoms with van der Waals surface area (Å²) in [5.74, 6) is -0.133. The summed E-state index contributed by atoms with van der Waals surface area (Å²) < 4.78 is 5.45. The van der Waals surface area contributed by atoms with Crippen molar-refractivity contribution in [2.24, 2.45) is 0 Å². The molecule has 0 spiro atoms. The van der Waals surface area contributed by atoms with Crippen LogP contribution in [0, 0.1) is 0 Å². The van der Waals surface area contributed by atoms with Gasteiger partial charge < -0.3 is 20.3 Å². The number of likely N-dealkylation sites (tertiary alicyclic amines) is 1. The van der Waals surface area contributed by atoms with E-state index in [1.165, 1.54) is 6.92 Å². The maximum atomic E-state index is 12.2. The van der Waals surface area contributed by atoms with E-state index in [4.69, 9.17) is 4.74 Å². The van der Waals surface area contributed by atoms with Crippen LogP contribution < -0.4 is 10.6 Å².